The Hall–Kier alpha value is -2.95. The van der Waals surface area contributed by atoms with Crippen LogP contribution in [0.1, 0.15) is 48.5 Å². The highest BCUT2D eigenvalue weighted by Gasteiger charge is 2.33. The maximum absolute atomic E-state index is 14.3. The Labute approximate surface area is 169 Å². The zero-order valence-electron chi connectivity index (χ0n) is 16.4. The molecular weight excluding hydrogens is 369 g/mol. The maximum atomic E-state index is 14.3. The van der Waals surface area contributed by atoms with Crippen molar-refractivity contribution in [2.75, 3.05) is 0 Å². The van der Waals surface area contributed by atoms with E-state index in [1.165, 1.54) is 6.07 Å². The molecule has 0 aliphatic heterocycles. The lowest BCUT2D eigenvalue weighted by atomic mass is 9.84. The average Bonchev–Trinajstić information content (AvgIpc) is 2.73. The SMILES string of the molecule is C[C@@H]1CCCC[C@@H]1N(Cc1ccccc1F)C(=O)c1cc2ccccc2oc1=O. The van der Waals surface area contributed by atoms with Crippen LogP contribution in [0.2, 0.25) is 0 Å². The largest absolute Gasteiger partial charge is 0.422 e. The number of nitrogens with zero attached hydrogens (tertiary/aromatic N) is 1. The Kier molecular flexibility index (Phi) is 5.47. The van der Waals surface area contributed by atoms with Gasteiger partial charge in [-0.2, -0.15) is 0 Å². The molecule has 3 aromatic rings. The molecule has 1 amide bonds. The molecule has 1 aromatic heterocycles. The first kappa shape index (κ1) is 19.4. The van der Waals surface area contributed by atoms with Gasteiger partial charge in [0, 0.05) is 23.5 Å². The molecule has 1 aliphatic rings. The molecule has 4 nitrogen and oxygen atoms in total. The minimum Gasteiger partial charge on any atom is -0.422 e. The Morgan fingerprint density at radius 2 is 1.83 bits per heavy atom. The topological polar surface area (TPSA) is 50.5 Å². The van der Waals surface area contributed by atoms with Crippen LogP contribution >= 0.6 is 0 Å². The van der Waals surface area contributed by atoms with Gasteiger partial charge in [-0.05, 0) is 37.0 Å². The minimum absolute atomic E-state index is 0.00203. The molecule has 0 radical (unpaired) electrons. The smallest absolute Gasteiger partial charge is 0.349 e. The normalized spacial score (nSPS) is 19.2. The fourth-order valence-electron chi connectivity index (χ4n) is 4.28. The molecule has 150 valence electrons. The van der Waals surface area contributed by atoms with E-state index in [9.17, 15) is 14.0 Å². The van der Waals surface area contributed by atoms with Gasteiger partial charge < -0.3 is 9.32 Å². The maximum Gasteiger partial charge on any atom is 0.349 e. The molecule has 2 atom stereocenters. The minimum atomic E-state index is -0.657. The van der Waals surface area contributed by atoms with Gasteiger partial charge in [-0.15, -0.1) is 0 Å². The van der Waals surface area contributed by atoms with Crippen LogP contribution in [0.3, 0.4) is 0 Å². The summed E-state index contributed by atoms with van der Waals surface area (Å²) in [5.41, 5.74) is 0.234. The molecule has 0 N–H and O–H groups in total. The molecule has 1 saturated carbocycles. The van der Waals surface area contributed by atoms with Crippen LogP contribution in [0.15, 0.2) is 63.8 Å². The van der Waals surface area contributed by atoms with Crippen LogP contribution in [0.5, 0.6) is 0 Å². The number of hydrogen-bond acceptors (Lipinski definition) is 3. The second-order valence-electron chi connectivity index (χ2n) is 7.84. The number of hydrogen-bond donors (Lipinski definition) is 0. The van der Waals surface area contributed by atoms with Crippen molar-refractivity contribution in [2.45, 2.75) is 45.2 Å². The Morgan fingerprint density at radius 1 is 1.10 bits per heavy atom. The monoisotopic (exact) mass is 393 g/mol. The third kappa shape index (κ3) is 3.95. The standard InChI is InChI=1S/C24H24FNO3/c1-16-8-2-6-12-21(16)26(15-18-10-3-5-11-20(18)25)23(27)19-14-17-9-4-7-13-22(17)29-24(19)28/h3-5,7,9-11,13-14,16,21H,2,6,8,12,15H2,1H3/t16-,21+/m1/s1. The Bertz CT molecular complexity index is 1090. The second-order valence-corrected chi connectivity index (χ2v) is 7.84. The quantitative estimate of drug-likeness (QED) is 0.576. The predicted molar refractivity (Wildman–Crippen MR) is 110 cm³/mol. The van der Waals surface area contributed by atoms with E-state index >= 15 is 0 Å². The fourth-order valence-corrected chi connectivity index (χ4v) is 4.28. The molecule has 29 heavy (non-hydrogen) atoms. The molecule has 5 heteroatoms. The molecule has 0 unspecified atom stereocenters. The summed E-state index contributed by atoms with van der Waals surface area (Å²) in [5.74, 6) is -0.460. The lowest BCUT2D eigenvalue weighted by Gasteiger charge is -2.38. The molecule has 0 bridgehead atoms. The summed E-state index contributed by atoms with van der Waals surface area (Å²) >= 11 is 0. The number of fused-ring (bicyclic) bond motifs is 1. The van der Waals surface area contributed by atoms with Gasteiger partial charge in [-0.25, -0.2) is 9.18 Å². The van der Waals surface area contributed by atoms with E-state index in [1.807, 2.05) is 6.07 Å². The highest BCUT2D eigenvalue weighted by atomic mass is 19.1. The summed E-state index contributed by atoms with van der Waals surface area (Å²) < 4.78 is 19.7. The van der Waals surface area contributed by atoms with Crippen LogP contribution in [-0.2, 0) is 6.54 Å². The van der Waals surface area contributed by atoms with Gasteiger partial charge in [0.05, 0.1) is 0 Å². The van der Waals surface area contributed by atoms with Crippen molar-refractivity contribution >= 4 is 16.9 Å². The van der Waals surface area contributed by atoms with Crippen LogP contribution in [0, 0.1) is 11.7 Å². The lowest BCUT2D eigenvalue weighted by Crippen LogP contribution is -2.46. The Balaban J connectivity index is 1.76. The zero-order valence-corrected chi connectivity index (χ0v) is 16.4. The van der Waals surface area contributed by atoms with Gasteiger partial charge in [-0.1, -0.05) is 56.2 Å². The molecule has 4 rings (SSSR count). The van der Waals surface area contributed by atoms with Gasteiger partial charge in [0.1, 0.15) is 17.0 Å². The van der Waals surface area contributed by atoms with E-state index in [0.29, 0.717) is 16.5 Å². The highest BCUT2D eigenvalue weighted by Crippen LogP contribution is 2.30. The first-order chi connectivity index (χ1) is 14.0. The van der Waals surface area contributed by atoms with E-state index in [4.69, 9.17) is 4.42 Å². The number of carbonyl (C=O) groups is 1. The van der Waals surface area contributed by atoms with Crippen LogP contribution in [-0.4, -0.2) is 16.8 Å². The number of benzene rings is 2. The van der Waals surface area contributed by atoms with Crippen molar-refractivity contribution in [3.8, 4) is 0 Å². The Morgan fingerprint density at radius 3 is 2.62 bits per heavy atom. The van der Waals surface area contributed by atoms with Gasteiger partial charge in [0.15, 0.2) is 0 Å². The van der Waals surface area contributed by atoms with E-state index in [0.717, 1.165) is 25.7 Å². The van der Waals surface area contributed by atoms with Gasteiger partial charge in [0.2, 0.25) is 0 Å². The lowest BCUT2D eigenvalue weighted by molar-refractivity contribution is 0.0522. The third-order valence-corrected chi connectivity index (χ3v) is 5.90. The molecule has 1 aliphatic carbocycles. The molecule has 1 fully saturated rings. The summed E-state index contributed by atoms with van der Waals surface area (Å²) in [4.78, 5) is 27.8. The summed E-state index contributed by atoms with van der Waals surface area (Å²) in [7, 11) is 0. The number of rotatable bonds is 4. The first-order valence-corrected chi connectivity index (χ1v) is 10.1. The number of para-hydroxylation sites is 1. The summed E-state index contributed by atoms with van der Waals surface area (Å²) in [6.45, 7) is 2.25. The van der Waals surface area contributed by atoms with Gasteiger partial charge >= 0.3 is 5.63 Å². The molecule has 2 aromatic carbocycles. The summed E-state index contributed by atoms with van der Waals surface area (Å²) in [6, 6.07) is 15.1. The van der Waals surface area contributed by atoms with Gasteiger partial charge in [0.25, 0.3) is 5.91 Å². The number of halogens is 1. The van der Waals surface area contributed by atoms with Crippen molar-refractivity contribution in [2.24, 2.45) is 5.92 Å². The van der Waals surface area contributed by atoms with E-state index < -0.39 is 11.5 Å². The molecule has 1 heterocycles. The zero-order chi connectivity index (χ0) is 20.4. The first-order valence-electron chi connectivity index (χ1n) is 10.1. The van der Waals surface area contributed by atoms with Crippen LogP contribution < -0.4 is 5.63 Å². The molecular formula is C24H24FNO3. The number of carbonyl (C=O) groups excluding carboxylic acids is 1. The molecule has 0 saturated heterocycles. The van der Waals surface area contributed by atoms with Crippen molar-refractivity contribution in [3.63, 3.8) is 0 Å². The van der Waals surface area contributed by atoms with Crippen LogP contribution in [0.25, 0.3) is 11.0 Å². The van der Waals surface area contributed by atoms with Crippen molar-refractivity contribution in [1.29, 1.82) is 0 Å². The van der Waals surface area contributed by atoms with Crippen molar-refractivity contribution in [1.82, 2.24) is 4.90 Å². The summed E-state index contributed by atoms with van der Waals surface area (Å²) in [6.07, 6.45) is 4.00. The summed E-state index contributed by atoms with van der Waals surface area (Å²) in [5, 5.41) is 0.693. The molecule has 0 spiro atoms. The van der Waals surface area contributed by atoms with Crippen molar-refractivity contribution < 1.29 is 13.6 Å². The average molecular weight is 393 g/mol. The second kappa shape index (κ2) is 8.19. The van der Waals surface area contributed by atoms with Crippen LogP contribution in [0.4, 0.5) is 4.39 Å². The third-order valence-electron chi connectivity index (χ3n) is 5.90. The predicted octanol–water partition coefficient (Wildman–Crippen LogP) is 5.15. The van der Waals surface area contributed by atoms with E-state index in [2.05, 4.69) is 6.92 Å². The fraction of sp³-hybridized carbons (Fsp3) is 0.333. The highest BCUT2D eigenvalue weighted by molar-refractivity contribution is 5.96. The van der Waals surface area contributed by atoms with E-state index in [1.54, 1.807) is 47.4 Å². The van der Waals surface area contributed by atoms with Crippen molar-refractivity contribution in [3.05, 3.63) is 82.0 Å². The number of amides is 1. The van der Waals surface area contributed by atoms with Gasteiger partial charge in [-0.3, -0.25) is 4.79 Å². The van der Waals surface area contributed by atoms with E-state index in [-0.39, 0.29) is 29.9 Å².